The molecule has 0 saturated heterocycles. The molecule has 6 aromatic carbocycles. The van der Waals surface area contributed by atoms with E-state index in [0.717, 1.165) is 0 Å². The van der Waals surface area contributed by atoms with Gasteiger partial charge in [-0.2, -0.15) is 0 Å². The molecule has 0 aliphatic heterocycles. The zero-order valence-corrected chi connectivity index (χ0v) is 36.5. The highest BCUT2D eigenvalue weighted by molar-refractivity contribution is 7.80. The molecule has 278 valence electrons. The lowest BCUT2D eigenvalue weighted by atomic mass is 9.87. The van der Waals surface area contributed by atoms with Crippen LogP contribution < -0.4 is 31.8 Å². The standard InChI is InChI=1S/C52H60P2/c1-49(2,3)37-21-29-41(30-22-37)53(42-31-23-38(24-32-42)50(4,5)6)47-19-15-13-17-45(47)46-18-14-16-20-48(46)54(43-33-25-39(26-34-43)51(7,8)9)44-35-27-40(28-36-44)52(10,11)12/h13-36H,1-12H3. The highest BCUT2D eigenvalue weighted by Gasteiger charge is 2.27. The Kier molecular flexibility index (Phi) is 11.3. The molecule has 0 amide bonds. The van der Waals surface area contributed by atoms with Crippen LogP contribution in [0.15, 0.2) is 146 Å². The van der Waals surface area contributed by atoms with Gasteiger partial charge in [-0.15, -0.1) is 0 Å². The Morgan fingerprint density at radius 1 is 0.259 bits per heavy atom. The summed E-state index contributed by atoms with van der Waals surface area (Å²) in [6, 6.07) is 56.5. The average Bonchev–Trinajstić information content (AvgIpc) is 3.12. The third-order valence-electron chi connectivity index (χ3n) is 10.5. The molecular weight excluding hydrogens is 687 g/mol. The average molecular weight is 747 g/mol. The van der Waals surface area contributed by atoms with Gasteiger partial charge in [-0.25, -0.2) is 0 Å². The lowest BCUT2D eigenvalue weighted by Gasteiger charge is -2.28. The monoisotopic (exact) mass is 746 g/mol. The molecule has 0 bridgehead atoms. The summed E-state index contributed by atoms with van der Waals surface area (Å²) in [6.45, 7) is 27.6. The molecule has 2 heteroatoms. The Balaban J connectivity index is 1.56. The van der Waals surface area contributed by atoms with Gasteiger partial charge in [0.05, 0.1) is 0 Å². The van der Waals surface area contributed by atoms with E-state index < -0.39 is 15.8 Å². The molecule has 54 heavy (non-hydrogen) atoms. The van der Waals surface area contributed by atoms with E-state index in [-0.39, 0.29) is 21.7 Å². The van der Waals surface area contributed by atoms with Gasteiger partial charge in [-0.3, -0.25) is 0 Å². The first-order valence-corrected chi connectivity index (χ1v) is 22.2. The first-order chi connectivity index (χ1) is 25.3. The van der Waals surface area contributed by atoms with Crippen LogP contribution in [-0.4, -0.2) is 0 Å². The molecule has 0 radical (unpaired) electrons. The first-order valence-electron chi connectivity index (χ1n) is 19.5. The topological polar surface area (TPSA) is 0 Å². The highest BCUT2D eigenvalue weighted by atomic mass is 31.1. The molecule has 0 heterocycles. The second-order valence-corrected chi connectivity index (χ2v) is 23.3. The minimum Gasteiger partial charge on any atom is -0.0616 e. The van der Waals surface area contributed by atoms with Crippen LogP contribution in [0.3, 0.4) is 0 Å². The van der Waals surface area contributed by atoms with E-state index in [1.54, 1.807) is 0 Å². The van der Waals surface area contributed by atoms with Gasteiger partial charge in [0, 0.05) is 0 Å². The summed E-state index contributed by atoms with van der Waals surface area (Å²) in [7, 11) is -1.71. The minimum atomic E-state index is -0.855. The van der Waals surface area contributed by atoms with Crippen LogP contribution in [0.25, 0.3) is 11.1 Å². The van der Waals surface area contributed by atoms with E-state index in [4.69, 9.17) is 0 Å². The molecule has 0 aliphatic rings. The number of benzene rings is 6. The lowest BCUT2D eigenvalue weighted by molar-refractivity contribution is 0.590. The van der Waals surface area contributed by atoms with Gasteiger partial charge < -0.3 is 0 Å². The highest BCUT2D eigenvalue weighted by Crippen LogP contribution is 2.42. The Bertz CT molecular complexity index is 1880. The van der Waals surface area contributed by atoms with Crippen molar-refractivity contribution in [1.29, 1.82) is 0 Å². The Morgan fingerprint density at radius 2 is 0.463 bits per heavy atom. The van der Waals surface area contributed by atoms with Crippen LogP contribution in [0.5, 0.6) is 0 Å². The quantitative estimate of drug-likeness (QED) is 0.143. The van der Waals surface area contributed by atoms with Crippen molar-refractivity contribution in [1.82, 2.24) is 0 Å². The predicted octanol–water partition coefficient (Wildman–Crippen LogP) is 12.1. The summed E-state index contributed by atoms with van der Waals surface area (Å²) < 4.78 is 0. The van der Waals surface area contributed by atoms with E-state index >= 15 is 0 Å². The Labute approximate surface area is 330 Å². The summed E-state index contributed by atoms with van der Waals surface area (Å²) >= 11 is 0. The second-order valence-electron chi connectivity index (χ2n) is 18.9. The number of hydrogen-bond donors (Lipinski definition) is 0. The van der Waals surface area contributed by atoms with Crippen LogP contribution in [0.1, 0.15) is 105 Å². The summed E-state index contributed by atoms with van der Waals surface area (Å²) in [5.74, 6) is 0. The Morgan fingerprint density at radius 3 is 0.667 bits per heavy atom. The van der Waals surface area contributed by atoms with Gasteiger partial charge in [0.2, 0.25) is 0 Å². The fourth-order valence-electron chi connectivity index (χ4n) is 7.09. The lowest BCUT2D eigenvalue weighted by Crippen LogP contribution is -2.26. The van der Waals surface area contributed by atoms with Crippen molar-refractivity contribution in [3.8, 4) is 11.1 Å². The van der Waals surface area contributed by atoms with Gasteiger partial charge in [-0.1, -0.05) is 229 Å². The third kappa shape index (κ3) is 8.83. The predicted molar refractivity (Wildman–Crippen MR) is 244 cm³/mol. The van der Waals surface area contributed by atoms with Crippen molar-refractivity contribution in [3.05, 3.63) is 168 Å². The molecule has 0 unspecified atom stereocenters. The number of hydrogen-bond acceptors (Lipinski definition) is 0. The second kappa shape index (κ2) is 15.4. The Hall–Kier alpha value is -3.82. The van der Waals surface area contributed by atoms with Crippen molar-refractivity contribution in [3.63, 3.8) is 0 Å². The normalized spacial score (nSPS) is 12.8. The van der Waals surface area contributed by atoms with E-state index in [1.807, 2.05) is 0 Å². The van der Waals surface area contributed by atoms with Crippen molar-refractivity contribution >= 4 is 47.7 Å². The molecule has 0 spiro atoms. The van der Waals surface area contributed by atoms with E-state index in [1.165, 1.54) is 65.2 Å². The van der Waals surface area contributed by atoms with Gasteiger partial charge in [0.25, 0.3) is 0 Å². The maximum absolute atomic E-state index is 2.40. The van der Waals surface area contributed by atoms with Crippen molar-refractivity contribution < 1.29 is 0 Å². The third-order valence-corrected chi connectivity index (χ3v) is 15.5. The molecule has 6 rings (SSSR count). The molecule has 0 atom stereocenters. The minimum absolute atomic E-state index is 0.0971. The zero-order chi connectivity index (χ0) is 39.1. The summed E-state index contributed by atoms with van der Waals surface area (Å²) in [5.41, 5.74) is 8.49. The fraction of sp³-hybridized carbons (Fsp3) is 0.308. The largest absolute Gasteiger partial charge is 0.0616 e. The van der Waals surface area contributed by atoms with Gasteiger partial charge in [0.1, 0.15) is 0 Å². The smallest absolute Gasteiger partial charge is 0.00724 e. The molecule has 0 aliphatic carbocycles. The van der Waals surface area contributed by atoms with Gasteiger partial charge >= 0.3 is 0 Å². The maximum Gasteiger partial charge on any atom is -0.00724 e. The molecule has 0 N–H and O–H groups in total. The summed E-state index contributed by atoms with van der Waals surface area (Å²) in [5, 5.41) is 8.31. The van der Waals surface area contributed by atoms with Crippen molar-refractivity contribution in [2.45, 2.75) is 105 Å². The molecular formula is C52H60P2. The summed E-state index contributed by atoms with van der Waals surface area (Å²) in [6.07, 6.45) is 0. The molecule has 0 nitrogen and oxygen atoms in total. The van der Waals surface area contributed by atoms with Crippen molar-refractivity contribution in [2.75, 3.05) is 0 Å². The molecule has 6 aromatic rings. The fourth-order valence-corrected chi connectivity index (χ4v) is 11.9. The van der Waals surface area contributed by atoms with Gasteiger partial charge in [0.15, 0.2) is 0 Å². The van der Waals surface area contributed by atoms with Gasteiger partial charge in [-0.05, 0) is 103 Å². The molecule has 0 fully saturated rings. The summed E-state index contributed by atoms with van der Waals surface area (Å²) in [4.78, 5) is 0. The van der Waals surface area contributed by atoms with Crippen LogP contribution in [0, 0.1) is 0 Å². The first kappa shape index (κ1) is 39.9. The zero-order valence-electron chi connectivity index (χ0n) is 34.8. The van der Waals surface area contributed by atoms with Crippen LogP contribution in [-0.2, 0) is 21.7 Å². The van der Waals surface area contributed by atoms with E-state index in [0.29, 0.717) is 0 Å². The van der Waals surface area contributed by atoms with Crippen LogP contribution >= 0.6 is 15.8 Å². The SMILES string of the molecule is CC(C)(C)c1ccc(P(c2ccc(C(C)(C)C)cc2)c2ccccc2-c2ccccc2P(c2ccc(C(C)(C)C)cc2)c2ccc(C(C)(C)C)cc2)cc1. The number of rotatable bonds is 7. The van der Waals surface area contributed by atoms with E-state index in [9.17, 15) is 0 Å². The molecule has 0 saturated carbocycles. The van der Waals surface area contributed by atoms with E-state index in [2.05, 4.69) is 229 Å². The van der Waals surface area contributed by atoms with Crippen LogP contribution in [0.4, 0.5) is 0 Å². The molecule has 0 aromatic heterocycles. The maximum atomic E-state index is 2.40. The van der Waals surface area contributed by atoms with Crippen LogP contribution in [0.2, 0.25) is 0 Å². The van der Waals surface area contributed by atoms with Crippen molar-refractivity contribution in [2.24, 2.45) is 0 Å².